The van der Waals surface area contributed by atoms with Crippen molar-refractivity contribution in [1.29, 1.82) is 0 Å². The number of aliphatic hydroxyl groups is 1. The van der Waals surface area contributed by atoms with Crippen LogP contribution in [-0.2, 0) is 23.7 Å². The first-order chi connectivity index (χ1) is 9.32. The molecule has 6 heteroatoms. The van der Waals surface area contributed by atoms with E-state index < -0.39 is 36.0 Å². The van der Waals surface area contributed by atoms with Crippen molar-refractivity contribution < 1.29 is 28.8 Å². The second-order valence-electron chi connectivity index (χ2n) is 6.37. The van der Waals surface area contributed by atoms with Gasteiger partial charge < -0.3 is 24.1 Å². The number of ether oxygens (including phenoxy) is 4. The van der Waals surface area contributed by atoms with Crippen molar-refractivity contribution in [2.45, 2.75) is 82.4 Å². The highest BCUT2D eigenvalue weighted by Crippen LogP contribution is 2.48. The molecule has 20 heavy (non-hydrogen) atoms. The monoisotopic (exact) mass is 286 g/mol. The van der Waals surface area contributed by atoms with Gasteiger partial charge in [0, 0.05) is 6.92 Å². The molecule has 0 unspecified atom stereocenters. The Kier molecular flexibility index (Phi) is 3.32. The summed E-state index contributed by atoms with van der Waals surface area (Å²) in [6.07, 6.45) is 0.838. The fraction of sp³-hybridized carbons (Fsp3) is 0.929. The molecular weight excluding hydrogens is 264 g/mol. The maximum Gasteiger partial charge on any atom is 0.302 e. The Morgan fingerprint density at radius 2 is 2.00 bits per heavy atom. The van der Waals surface area contributed by atoms with Gasteiger partial charge in [-0.1, -0.05) is 6.42 Å². The number of fused-ring (bicyclic) bond motifs is 3. The fourth-order valence-electron chi connectivity index (χ4n) is 3.52. The van der Waals surface area contributed by atoms with Gasteiger partial charge in [0.25, 0.3) is 0 Å². The van der Waals surface area contributed by atoms with Crippen LogP contribution < -0.4 is 0 Å². The number of carbonyl (C=O) groups is 1. The smallest absolute Gasteiger partial charge is 0.302 e. The van der Waals surface area contributed by atoms with E-state index >= 15 is 0 Å². The van der Waals surface area contributed by atoms with Crippen LogP contribution in [0.5, 0.6) is 0 Å². The summed E-state index contributed by atoms with van der Waals surface area (Å²) in [7, 11) is 0. The second-order valence-corrected chi connectivity index (χ2v) is 6.37. The highest BCUT2D eigenvalue weighted by molar-refractivity contribution is 5.66. The van der Waals surface area contributed by atoms with Gasteiger partial charge in [0.1, 0.15) is 23.9 Å². The maximum absolute atomic E-state index is 11.2. The summed E-state index contributed by atoms with van der Waals surface area (Å²) in [6.45, 7) is 4.97. The Balaban J connectivity index is 1.86. The lowest BCUT2D eigenvalue weighted by atomic mass is 9.87. The molecule has 0 radical (unpaired) electrons. The van der Waals surface area contributed by atoms with Crippen molar-refractivity contribution in [2.24, 2.45) is 0 Å². The Hall–Kier alpha value is -0.690. The summed E-state index contributed by atoms with van der Waals surface area (Å²) in [6, 6.07) is 0. The molecule has 5 atom stereocenters. The lowest BCUT2D eigenvalue weighted by Crippen LogP contribution is -2.53. The van der Waals surface area contributed by atoms with Crippen LogP contribution in [0.25, 0.3) is 0 Å². The zero-order valence-corrected chi connectivity index (χ0v) is 12.1. The quantitative estimate of drug-likeness (QED) is 0.728. The van der Waals surface area contributed by atoms with Crippen molar-refractivity contribution >= 4 is 5.97 Å². The molecule has 1 saturated carbocycles. The number of carbonyl (C=O) groups excluding carboxylic acids is 1. The van der Waals surface area contributed by atoms with E-state index in [1.165, 1.54) is 6.92 Å². The summed E-state index contributed by atoms with van der Waals surface area (Å²) in [5.74, 6) is -1.12. The van der Waals surface area contributed by atoms with Crippen LogP contribution in [0.1, 0.15) is 46.5 Å². The van der Waals surface area contributed by atoms with Crippen LogP contribution >= 0.6 is 0 Å². The molecule has 0 aromatic rings. The Morgan fingerprint density at radius 3 is 2.70 bits per heavy atom. The molecule has 0 amide bonds. The van der Waals surface area contributed by atoms with Crippen LogP contribution in [0.3, 0.4) is 0 Å². The van der Waals surface area contributed by atoms with Gasteiger partial charge in [-0.15, -0.1) is 0 Å². The zero-order valence-electron chi connectivity index (χ0n) is 12.1. The molecule has 0 spiro atoms. The topological polar surface area (TPSA) is 74.2 Å². The SMILES string of the molecule is CC(=O)O[C@@H]1CCCC[C@@]2(O)[C@@H]1O[C@@H]1OC(C)(C)O[C@@H]12. The van der Waals surface area contributed by atoms with Crippen molar-refractivity contribution in [3.63, 3.8) is 0 Å². The van der Waals surface area contributed by atoms with E-state index in [4.69, 9.17) is 18.9 Å². The summed E-state index contributed by atoms with van der Waals surface area (Å²) in [4.78, 5) is 11.2. The number of rotatable bonds is 1. The molecule has 0 bridgehead atoms. The normalized spacial score (nSPS) is 46.4. The first-order valence-electron chi connectivity index (χ1n) is 7.22. The van der Waals surface area contributed by atoms with E-state index in [0.29, 0.717) is 12.8 Å². The second kappa shape index (κ2) is 4.66. The van der Waals surface area contributed by atoms with Crippen molar-refractivity contribution in [3.05, 3.63) is 0 Å². The first-order valence-corrected chi connectivity index (χ1v) is 7.22. The molecule has 2 aliphatic heterocycles. The molecule has 3 rings (SSSR count). The third kappa shape index (κ3) is 2.24. The standard InChI is InChI=1S/C14H22O6/c1-8(15)17-9-6-4-5-7-14(16)10(9)18-12-11(14)19-13(2,3)20-12/h9-12,16H,4-7H2,1-3H3/t9-,10-,11+,12-,14-/m1/s1. The van der Waals surface area contributed by atoms with Gasteiger partial charge in [0.05, 0.1) is 0 Å². The van der Waals surface area contributed by atoms with Crippen LogP contribution in [-0.4, -0.2) is 47.1 Å². The average Bonchev–Trinajstić information content (AvgIpc) is 2.70. The average molecular weight is 286 g/mol. The van der Waals surface area contributed by atoms with Crippen molar-refractivity contribution in [2.75, 3.05) is 0 Å². The minimum Gasteiger partial charge on any atom is -0.460 e. The van der Waals surface area contributed by atoms with Crippen LogP contribution in [0.4, 0.5) is 0 Å². The minimum atomic E-state index is -1.16. The van der Waals surface area contributed by atoms with Crippen LogP contribution in [0, 0.1) is 0 Å². The lowest BCUT2D eigenvalue weighted by molar-refractivity contribution is -0.243. The fourth-order valence-corrected chi connectivity index (χ4v) is 3.52. The third-order valence-corrected chi connectivity index (χ3v) is 4.29. The van der Waals surface area contributed by atoms with Crippen LogP contribution in [0.2, 0.25) is 0 Å². The van der Waals surface area contributed by atoms with Gasteiger partial charge >= 0.3 is 5.97 Å². The molecule has 0 aromatic carbocycles. The van der Waals surface area contributed by atoms with E-state index in [0.717, 1.165) is 12.8 Å². The highest BCUT2D eigenvalue weighted by atomic mass is 16.8. The molecule has 2 saturated heterocycles. The lowest BCUT2D eigenvalue weighted by Gasteiger charge is -2.35. The predicted molar refractivity (Wildman–Crippen MR) is 67.7 cm³/mol. The molecular formula is C14H22O6. The molecule has 1 aliphatic carbocycles. The van der Waals surface area contributed by atoms with Crippen molar-refractivity contribution in [1.82, 2.24) is 0 Å². The van der Waals surface area contributed by atoms with E-state index in [1.807, 2.05) is 0 Å². The van der Waals surface area contributed by atoms with E-state index in [-0.39, 0.29) is 5.97 Å². The molecule has 1 N–H and O–H groups in total. The highest BCUT2D eigenvalue weighted by Gasteiger charge is 2.65. The molecule has 2 heterocycles. The van der Waals surface area contributed by atoms with Gasteiger partial charge in [0.15, 0.2) is 12.1 Å². The first kappa shape index (κ1) is 14.3. The summed E-state index contributed by atoms with van der Waals surface area (Å²) in [5, 5.41) is 11.1. The van der Waals surface area contributed by atoms with Crippen LogP contribution in [0.15, 0.2) is 0 Å². The molecule has 6 nitrogen and oxygen atoms in total. The number of hydrogen-bond donors (Lipinski definition) is 1. The van der Waals surface area contributed by atoms with Gasteiger partial charge in [-0.05, 0) is 33.1 Å². The van der Waals surface area contributed by atoms with E-state index in [9.17, 15) is 9.90 Å². The van der Waals surface area contributed by atoms with E-state index in [2.05, 4.69) is 0 Å². The molecule has 0 aromatic heterocycles. The van der Waals surface area contributed by atoms with E-state index in [1.54, 1.807) is 13.8 Å². The van der Waals surface area contributed by atoms with Crippen molar-refractivity contribution in [3.8, 4) is 0 Å². The minimum absolute atomic E-state index is 0.359. The summed E-state index contributed by atoms with van der Waals surface area (Å²) >= 11 is 0. The Morgan fingerprint density at radius 1 is 1.25 bits per heavy atom. The number of hydrogen-bond acceptors (Lipinski definition) is 6. The molecule has 3 aliphatic rings. The molecule has 3 fully saturated rings. The maximum atomic E-state index is 11.2. The van der Waals surface area contributed by atoms with Gasteiger partial charge in [-0.3, -0.25) is 4.79 Å². The van der Waals surface area contributed by atoms with Gasteiger partial charge in [0.2, 0.25) is 0 Å². The predicted octanol–water partition coefficient (Wildman–Crippen LogP) is 1.10. The largest absolute Gasteiger partial charge is 0.460 e. The molecule has 114 valence electrons. The van der Waals surface area contributed by atoms with Gasteiger partial charge in [-0.2, -0.15) is 0 Å². The summed E-state index contributed by atoms with van der Waals surface area (Å²) in [5.41, 5.74) is -1.16. The summed E-state index contributed by atoms with van der Waals surface area (Å²) < 4.78 is 22.7. The third-order valence-electron chi connectivity index (χ3n) is 4.29. The van der Waals surface area contributed by atoms with Gasteiger partial charge in [-0.25, -0.2) is 0 Å². The number of esters is 1. The Labute approximate surface area is 118 Å². The Bertz CT molecular complexity index is 408. The zero-order chi connectivity index (χ0) is 14.5.